The molecule has 0 bridgehead atoms. The smallest absolute Gasteiger partial charge is 0.333 e. The SMILES string of the molecule is NS(=O)(=O)OC[C@@H]1CC[C@H](Nc2ncncc2C(=O)c2cc(C3(c4cccc(Cl)c4)CCO3)c(Cl)s2)C1. The Bertz CT molecular complexity index is 1430. The molecule has 37 heavy (non-hydrogen) atoms. The van der Waals surface area contributed by atoms with Gasteiger partial charge in [-0.15, -0.1) is 11.3 Å². The van der Waals surface area contributed by atoms with Gasteiger partial charge in [-0.1, -0.05) is 35.3 Å². The van der Waals surface area contributed by atoms with Crippen molar-refractivity contribution in [1.29, 1.82) is 0 Å². The highest BCUT2D eigenvalue weighted by molar-refractivity contribution is 7.84. The summed E-state index contributed by atoms with van der Waals surface area (Å²) in [4.78, 5) is 22.4. The number of anilines is 1. The molecule has 2 aromatic heterocycles. The van der Waals surface area contributed by atoms with Gasteiger partial charge in [0.25, 0.3) is 0 Å². The summed E-state index contributed by atoms with van der Waals surface area (Å²) < 4.78 is 33.4. The first kappa shape index (κ1) is 26.5. The molecule has 2 aliphatic rings. The lowest BCUT2D eigenvalue weighted by atomic mass is 9.81. The first-order chi connectivity index (χ1) is 17.6. The van der Waals surface area contributed by atoms with Crippen LogP contribution in [-0.4, -0.2) is 43.4 Å². The second-order valence-electron chi connectivity index (χ2n) is 9.15. The number of nitrogens with two attached hydrogens (primary N) is 1. The number of aromatic nitrogens is 2. The summed E-state index contributed by atoms with van der Waals surface area (Å²) in [6, 6.07) is 9.23. The van der Waals surface area contributed by atoms with Gasteiger partial charge in [0.1, 0.15) is 22.1 Å². The van der Waals surface area contributed by atoms with Crippen LogP contribution >= 0.6 is 34.5 Å². The molecule has 1 unspecified atom stereocenters. The van der Waals surface area contributed by atoms with Gasteiger partial charge < -0.3 is 10.1 Å². The van der Waals surface area contributed by atoms with Crippen LogP contribution in [0.15, 0.2) is 42.9 Å². The maximum atomic E-state index is 13.6. The van der Waals surface area contributed by atoms with Crippen LogP contribution in [0, 0.1) is 5.92 Å². The second-order valence-corrected chi connectivity index (χ2v) is 12.5. The molecule has 3 N–H and O–H groups in total. The molecule has 3 atom stereocenters. The summed E-state index contributed by atoms with van der Waals surface area (Å²) in [7, 11) is -3.98. The molecule has 0 spiro atoms. The van der Waals surface area contributed by atoms with Crippen LogP contribution in [0.1, 0.15) is 52.0 Å². The van der Waals surface area contributed by atoms with E-state index in [1.54, 1.807) is 12.1 Å². The van der Waals surface area contributed by atoms with Crippen LogP contribution in [0.5, 0.6) is 0 Å². The predicted octanol–water partition coefficient (Wildman–Crippen LogP) is 4.54. The van der Waals surface area contributed by atoms with Crippen LogP contribution in [0.2, 0.25) is 9.36 Å². The van der Waals surface area contributed by atoms with E-state index < -0.39 is 15.9 Å². The second kappa shape index (κ2) is 10.6. The molecule has 0 amide bonds. The van der Waals surface area contributed by atoms with Crippen molar-refractivity contribution in [2.24, 2.45) is 11.1 Å². The Balaban J connectivity index is 1.35. The number of hydrogen-bond acceptors (Lipinski definition) is 9. The van der Waals surface area contributed by atoms with E-state index >= 15 is 0 Å². The molecule has 13 heteroatoms. The third-order valence-electron chi connectivity index (χ3n) is 6.75. The molecule has 1 aromatic carbocycles. The summed E-state index contributed by atoms with van der Waals surface area (Å²) in [6.07, 6.45) is 5.76. The lowest BCUT2D eigenvalue weighted by Gasteiger charge is -2.42. The first-order valence-electron chi connectivity index (χ1n) is 11.6. The number of carbonyl (C=O) groups is 1. The van der Waals surface area contributed by atoms with Crippen molar-refractivity contribution in [3.8, 4) is 0 Å². The van der Waals surface area contributed by atoms with Gasteiger partial charge >= 0.3 is 10.3 Å². The molecule has 1 aliphatic carbocycles. The van der Waals surface area contributed by atoms with Gasteiger partial charge in [-0.25, -0.2) is 15.1 Å². The Morgan fingerprint density at radius 1 is 1.30 bits per heavy atom. The zero-order chi connectivity index (χ0) is 26.2. The number of thiophene rings is 1. The Hall–Kier alpha value is -2.12. The first-order valence-corrected chi connectivity index (χ1v) is 14.7. The number of nitrogens with zero attached hydrogens (tertiary/aromatic N) is 2. The van der Waals surface area contributed by atoms with Crippen molar-refractivity contribution >= 4 is 56.4 Å². The number of hydrogen-bond donors (Lipinski definition) is 2. The molecule has 3 aromatic rings. The third-order valence-corrected chi connectivity index (χ3v) is 8.80. The van der Waals surface area contributed by atoms with Gasteiger partial charge in [0.05, 0.1) is 23.7 Å². The monoisotopic (exact) mass is 582 g/mol. The van der Waals surface area contributed by atoms with Gasteiger partial charge in [0, 0.05) is 29.2 Å². The average molecular weight is 584 g/mol. The number of ether oxygens (including phenoxy) is 1. The standard InChI is InChI=1S/C24H24Cl2N4O5S2/c25-16-3-1-2-15(9-16)24(6-7-34-24)19-10-20(36-22(19)26)21(31)18-11-28-13-29-23(18)30-17-5-4-14(8-17)12-35-37(27,32)33/h1-3,9-11,13-14,17H,4-8,12H2,(H2,27,32,33)(H,28,29,30)/t14-,17+,24?/m1/s1. The van der Waals surface area contributed by atoms with Crippen LogP contribution in [0.3, 0.4) is 0 Å². The predicted molar refractivity (Wildman–Crippen MR) is 141 cm³/mol. The van der Waals surface area contributed by atoms with E-state index in [1.165, 1.54) is 23.9 Å². The average Bonchev–Trinajstić information content (AvgIpc) is 3.43. The normalized spacial score (nSPS) is 23.5. The van der Waals surface area contributed by atoms with Gasteiger partial charge in [0.2, 0.25) is 5.78 Å². The fraction of sp³-hybridized carbons (Fsp3) is 0.375. The Kier molecular flexibility index (Phi) is 7.56. The molecular weight excluding hydrogens is 559 g/mol. The molecule has 3 heterocycles. The zero-order valence-corrected chi connectivity index (χ0v) is 22.7. The van der Waals surface area contributed by atoms with Gasteiger partial charge in [-0.2, -0.15) is 8.42 Å². The molecular formula is C24H24Cl2N4O5S2. The highest BCUT2D eigenvalue weighted by Gasteiger charge is 2.45. The molecule has 196 valence electrons. The Morgan fingerprint density at radius 2 is 2.11 bits per heavy atom. The molecule has 0 radical (unpaired) electrons. The van der Waals surface area contributed by atoms with E-state index in [4.69, 9.17) is 37.3 Å². The van der Waals surface area contributed by atoms with Crippen LogP contribution in [0.25, 0.3) is 0 Å². The van der Waals surface area contributed by atoms with E-state index in [1.807, 2.05) is 18.2 Å². The summed E-state index contributed by atoms with van der Waals surface area (Å²) in [5.74, 6) is 0.183. The minimum Gasteiger partial charge on any atom is -0.367 e. The number of benzene rings is 1. The van der Waals surface area contributed by atoms with Crippen LogP contribution in [0.4, 0.5) is 5.82 Å². The number of halogens is 2. The maximum Gasteiger partial charge on any atom is 0.333 e. The molecule has 9 nitrogen and oxygen atoms in total. The quantitative estimate of drug-likeness (QED) is 0.351. The number of rotatable bonds is 9. The van der Waals surface area contributed by atoms with Gasteiger partial charge in [-0.3, -0.25) is 8.98 Å². The Labute approximate surface area is 228 Å². The van der Waals surface area contributed by atoms with Crippen molar-refractivity contribution in [2.75, 3.05) is 18.5 Å². The summed E-state index contributed by atoms with van der Waals surface area (Å²) in [5.41, 5.74) is 1.19. The fourth-order valence-electron chi connectivity index (χ4n) is 4.88. The van der Waals surface area contributed by atoms with E-state index in [-0.39, 0.29) is 24.3 Å². The molecule has 1 saturated heterocycles. The topological polar surface area (TPSA) is 134 Å². The van der Waals surface area contributed by atoms with Crippen molar-refractivity contribution < 1.29 is 22.1 Å². The lowest BCUT2D eigenvalue weighted by molar-refractivity contribution is -0.123. The van der Waals surface area contributed by atoms with E-state index in [9.17, 15) is 13.2 Å². The van der Waals surface area contributed by atoms with Crippen molar-refractivity contribution in [1.82, 2.24) is 9.97 Å². The number of nitrogens with one attached hydrogen (secondary N) is 1. The minimum atomic E-state index is -3.98. The number of carbonyl (C=O) groups excluding carboxylic acids is 1. The summed E-state index contributed by atoms with van der Waals surface area (Å²) in [6.45, 7) is 0.604. The summed E-state index contributed by atoms with van der Waals surface area (Å²) in [5, 5.41) is 8.84. The molecule has 2 fully saturated rings. The molecule has 1 saturated carbocycles. The van der Waals surface area contributed by atoms with Crippen molar-refractivity contribution in [3.05, 3.63) is 73.8 Å². The van der Waals surface area contributed by atoms with E-state index in [0.29, 0.717) is 38.6 Å². The van der Waals surface area contributed by atoms with Crippen LogP contribution < -0.4 is 10.5 Å². The molecule has 1 aliphatic heterocycles. The fourth-order valence-corrected chi connectivity index (χ4v) is 6.82. The lowest BCUT2D eigenvalue weighted by Crippen LogP contribution is -2.41. The Morgan fingerprint density at radius 3 is 2.81 bits per heavy atom. The minimum absolute atomic E-state index is 0.00696. The van der Waals surface area contributed by atoms with E-state index in [0.717, 1.165) is 30.4 Å². The zero-order valence-electron chi connectivity index (χ0n) is 19.5. The third kappa shape index (κ3) is 5.68. The highest BCUT2D eigenvalue weighted by Crippen LogP contribution is 2.49. The largest absolute Gasteiger partial charge is 0.367 e. The highest BCUT2D eigenvalue weighted by atomic mass is 35.5. The van der Waals surface area contributed by atoms with Gasteiger partial charge in [0.15, 0.2) is 0 Å². The van der Waals surface area contributed by atoms with E-state index in [2.05, 4.69) is 15.3 Å². The maximum absolute atomic E-state index is 13.6. The number of ketones is 1. The van der Waals surface area contributed by atoms with Crippen molar-refractivity contribution in [2.45, 2.75) is 37.3 Å². The molecule has 5 rings (SSSR count). The van der Waals surface area contributed by atoms with Gasteiger partial charge in [-0.05, 0) is 48.9 Å². The van der Waals surface area contributed by atoms with Crippen LogP contribution in [-0.2, 0) is 24.8 Å². The summed E-state index contributed by atoms with van der Waals surface area (Å²) >= 11 is 14.1. The van der Waals surface area contributed by atoms with Crippen molar-refractivity contribution in [3.63, 3.8) is 0 Å².